The van der Waals surface area contributed by atoms with E-state index >= 15 is 0 Å². The third-order valence-electron chi connectivity index (χ3n) is 2.95. The van der Waals surface area contributed by atoms with Gasteiger partial charge in [0.15, 0.2) is 0 Å². The zero-order valence-electron chi connectivity index (χ0n) is 13.0. The second kappa shape index (κ2) is 8.37. The van der Waals surface area contributed by atoms with Crippen LogP contribution in [0.3, 0.4) is 0 Å². The number of azo groups is 1. The average Bonchev–Trinajstić information content (AvgIpc) is 2.58. The summed E-state index contributed by atoms with van der Waals surface area (Å²) >= 11 is 0. The van der Waals surface area contributed by atoms with Gasteiger partial charge in [-0.1, -0.05) is 0 Å². The second-order valence-electron chi connectivity index (χ2n) is 4.79. The molecule has 0 amide bonds. The number of nitrogens with zero attached hydrogens (tertiary/aromatic N) is 3. The predicted octanol–water partition coefficient (Wildman–Crippen LogP) is 3.99. The van der Waals surface area contributed by atoms with Gasteiger partial charge in [0.05, 0.1) is 16.3 Å². The first kappa shape index (κ1) is 17.1. The fraction of sp³-hybridized carbons (Fsp3) is 0.188. The molecule has 24 heavy (non-hydrogen) atoms. The van der Waals surface area contributed by atoms with E-state index in [4.69, 9.17) is 4.74 Å². The van der Waals surface area contributed by atoms with Crippen molar-refractivity contribution in [3.8, 4) is 0 Å². The van der Waals surface area contributed by atoms with E-state index in [-0.39, 0.29) is 11.7 Å². The Bertz CT molecular complexity index is 727. The molecule has 0 aliphatic rings. The molecule has 8 nitrogen and oxygen atoms in total. The third-order valence-corrected chi connectivity index (χ3v) is 2.95. The van der Waals surface area contributed by atoms with Gasteiger partial charge in [0, 0.05) is 31.3 Å². The number of benzene rings is 2. The van der Waals surface area contributed by atoms with Gasteiger partial charge in [-0.3, -0.25) is 14.9 Å². The lowest BCUT2D eigenvalue weighted by Crippen LogP contribution is -2.11. The van der Waals surface area contributed by atoms with E-state index in [1.807, 2.05) is 12.1 Å². The molecule has 0 bridgehead atoms. The minimum atomic E-state index is -0.464. The van der Waals surface area contributed by atoms with Gasteiger partial charge in [-0.2, -0.15) is 10.2 Å². The molecule has 0 spiro atoms. The van der Waals surface area contributed by atoms with Crippen molar-refractivity contribution < 1.29 is 14.5 Å². The van der Waals surface area contributed by atoms with Crippen molar-refractivity contribution in [1.29, 1.82) is 0 Å². The number of carbonyl (C=O) groups is 1. The van der Waals surface area contributed by atoms with E-state index in [1.165, 1.54) is 31.2 Å². The van der Waals surface area contributed by atoms with Crippen LogP contribution >= 0.6 is 0 Å². The van der Waals surface area contributed by atoms with Crippen LogP contribution in [0.4, 0.5) is 22.7 Å². The summed E-state index contributed by atoms with van der Waals surface area (Å²) in [4.78, 5) is 20.7. The van der Waals surface area contributed by atoms with Gasteiger partial charge in [0.25, 0.3) is 5.69 Å². The Labute approximate surface area is 138 Å². The summed E-state index contributed by atoms with van der Waals surface area (Å²) in [6.07, 6.45) is 0. The van der Waals surface area contributed by atoms with E-state index in [0.29, 0.717) is 24.5 Å². The number of nitro groups is 1. The SMILES string of the molecule is CC(=O)OCCNc1ccc(/N=N\c2ccc([N+](=O)[O-])cc2)cc1. The molecule has 0 atom stereocenters. The van der Waals surface area contributed by atoms with Crippen LogP contribution in [0.25, 0.3) is 0 Å². The highest BCUT2D eigenvalue weighted by Crippen LogP contribution is 2.22. The van der Waals surface area contributed by atoms with Crippen LogP contribution < -0.4 is 5.32 Å². The van der Waals surface area contributed by atoms with Gasteiger partial charge in [-0.05, 0) is 36.4 Å². The van der Waals surface area contributed by atoms with Crippen LogP contribution in [0.5, 0.6) is 0 Å². The Hall–Kier alpha value is -3.29. The molecular weight excluding hydrogens is 312 g/mol. The molecule has 2 aromatic carbocycles. The number of non-ortho nitro benzene ring substituents is 1. The van der Waals surface area contributed by atoms with Crippen molar-refractivity contribution >= 4 is 28.7 Å². The summed E-state index contributed by atoms with van der Waals surface area (Å²) in [6, 6.07) is 13.1. The molecule has 2 aromatic rings. The summed E-state index contributed by atoms with van der Waals surface area (Å²) in [6.45, 7) is 2.19. The number of nitro benzene ring substituents is 1. The van der Waals surface area contributed by atoms with Crippen LogP contribution in [0.1, 0.15) is 6.92 Å². The Kier molecular flexibility index (Phi) is 5.95. The molecule has 0 aliphatic carbocycles. The maximum atomic E-state index is 10.6. The summed E-state index contributed by atoms with van der Waals surface area (Å²) in [5.74, 6) is -0.307. The van der Waals surface area contributed by atoms with Crippen LogP contribution in [-0.2, 0) is 9.53 Å². The predicted molar refractivity (Wildman–Crippen MR) is 88.8 cm³/mol. The van der Waals surface area contributed by atoms with Crippen LogP contribution in [-0.4, -0.2) is 24.0 Å². The Morgan fingerprint density at radius 2 is 1.62 bits per heavy atom. The molecule has 0 aliphatic heterocycles. The molecule has 2 rings (SSSR count). The van der Waals surface area contributed by atoms with E-state index in [1.54, 1.807) is 12.1 Å². The lowest BCUT2D eigenvalue weighted by atomic mass is 10.3. The smallest absolute Gasteiger partial charge is 0.302 e. The van der Waals surface area contributed by atoms with Crippen LogP contribution in [0, 0.1) is 10.1 Å². The molecule has 0 radical (unpaired) electrons. The second-order valence-corrected chi connectivity index (χ2v) is 4.79. The van der Waals surface area contributed by atoms with Crippen molar-refractivity contribution in [1.82, 2.24) is 0 Å². The summed E-state index contributed by atoms with van der Waals surface area (Å²) in [5, 5.41) is 21.8. The molecule has 0 saturated carbocycles. The van der Waals surface area contributed by atoms with Gasteiger partial charge in [-0.25, -0.2) is 0 Å². The molecule has 8 heteroatoms. The fourth-order valence-electron chi connectivity index (χ4n) is 1.79. The van der Waals surface area contributed by atoms with Crippen molar-refractivity contribution in [3.05, 3.63) is 58.6 Å². The first-order valence-corrected chi connectivity index (χ1v) is 7.18. The van der Waals surface area contributed by atoms with E-state index in [2.05, 4.69) is 15.5 Å². The zero-order valence-corrected chi connectivity index (χ0v) is 13.0. The molecule has 0 fully saturated rings. The molecular formula is C16H16N4O4. The van der Waals surface area contributed by atoms with E-state index in [9.17, 15) is 14.9 Å². The van der Waals surface area contributed by atoms with Gasteiger partial charge >= 0.3 is 5.97 Å². The van der Waals surface area contributed by atoms with Crippen molar-refractivity contribution in [2.75, 3.05) is 18.5 Å². The van der Waals surface area contributed by atoms with Gasteiger partial charge < -0.3 is 10.1 Å². The molecule has 1 N–H and O–H groups in total. The normalized spacial score (nSPS) is 10.5. The number of carbonyl (C=O) groups excluding carboxylic acids is 1. The summed E-state index contributed by atoms with van der Waals surface area (Å²) < 4.78 is 4.82. The standard InChI is InChI=1S/C16H16N4O4/c1-12(21)24-11-10-17-13-2-4-14(5-3-13)18-19-15-6-8-16(9-7-15)20(22)23/h2-9,17H,10-11H2,1H3/b19-18-. The highest BCUT2D eigenvalue weighted by Gasteiger charge is 2.03. The first-order valence-electron chi connectivity index (χ1n) is 7.18. The fourth-order valence-corrected chi connectivity index (χ4v) is 1.79. The average molecular weight is 328 g/mol. The van der Waals surface area contributed by atoms with Crippen molar-refractivity contribution in [2.45, 2.75) is 6.92 Å². The monoisotopic (exact) mass is 328 g/mol. The Morgan fingerprint density at radius 1 is 1.08 bits per heavy atom. The zero-order chi connectivity index (χ0) is 17.4. The largest absolute Gasteiger partial charge is 0.464 e. The van der Waals surface area contributed by atoms with Crippen molar-refractivity contribution in [2.24, 2.45) is 10.2 Å². The number of esters is 1. The minimum absolute atomic E-state index is 0.0122. The summed E-state index contributed by atoms with van der Waals surface area (Å²) in [5.41, 5.74) is 2.07. The quantitative estimate of drug-likeness (QED) is 0.272. The Balaban J connectivity index is 1.88. The number of anilines is 1. The molecule has 0 saturated heterocycles. The number of nitrogens with one attached hydrogen (secondary N) is 1. The van der Waals surface area contributed by atoms with Crippen molar-refractivity contribution in [3.63, 3.8) is 0 Å². The highest BCUT2D eigenvalue weighted by molar-refractivity contribution is 5.65. The Morgan fingerprint density at radius 3 is 2.12 bits per heavy atom. The molecule has 0 unspecified atom stereocenters. The van der Waals surface area contributed by atoms with Gasteiger partial charge in [-0.15, -0.1) is 0 Å². The maximum absolute atomic E-state index is 10.6. The van der Waals surface area contributed by atoms with Gasteiger partial charge in [0.2, 0.25) is 0 Å². The van der Waals surface area contributed by atoms with E-state index in [0.717, 1.165) is 5.69 Å². The lowest BCUT2D eigenvalue weighted by Gasteiger charge is -2.06. The number of rotatable bonds is 7. The molecule has 0 heterocycles. The van der Waals surface area contributed by atoms with Crippen LogP contribution in [0.2, 0.25) is 0 Å². The number of hydrogen-bond donors (Lipinski definition) is 1. The highest BCUT2D eigenvalue weighted by atomic mass is 16.6. The summed E-state index contributed by atoms with van der Waals surface area (Å²) in [7, 11) is 0. The molecule has 124 valence electrons. The maximum Gasteiger partial charge on any atom is 0.302 e. The van der Waals surface area contributed by atoms with E-state index < -0.39 is 4.92 Å². The number of hydrogen-bond acceptors (Lipinski definition) is 7. The van der Waals surface area contributed by atoms with Gasteiger partial charge in [0.1, 0.15) is 6.61 Å². The molecule has 0 aromatic heterocycles. The topological polar surface area (TPSA) is 106 Å². The number of ether oxygens (including phenoxy) is 1. The lowest BCUT2D eigenvalue weighted by molar-refractivity contribution is -0.384. The van der Waals surface area contributed by atoms with Crippen LogP contribution in [0.15, 0.2) is 58.8 Å². The third kappa shape index (κ3) is 5.48. The minimum Gasteiger partial charge on any atom is -0.464 e. The first-order chi connectivity index (χ1) is 11.5.